The molecule has 1 saturated heterocycles. The zero-order valence-electron chi connectivity index (χ0n) is 21.6. The van der Waals surface area contributed by atoms with Crippen molar-refractivity contribution in [2.75, 3.05) is 0 Å². The predicted molar refractivity (Wildman–Crippen MR) is 144 cm³/mol. The van der Waals surface area contributed by atoms with Gasteiger partial charge in [-0.05, 0) is 83.6 Å². The van der Waals surface area contributed by atoms with Crippen LogP contribution in [-0.4, -0.2) is 10.4 Å². The summed E-state index contributed by atoms with van der Waals surface area (Å²) in [5.41, 5.74) is 7.81. The van der Waals surface area contributed by atoms with Crippen LogP contribution in [0.15, 0.2) is 108 Å². The van der Waals surface area contributed by atoms with E-state index < -0.39 is 0 Å². The van der Waals surface area contributed by atoms with Gasteiger partial charge in [0.1, 0.15) is 5.82 Å². The van der Waals surface area contributed by atoms with E-state index in [4.69, 9.17) is 0 Å². The first-order valence-electron chi connectivity index (χ1n) is 11.6. The van der Waals surface area contributed by atoms with E-state index in [1.54, 1.807) is 0 Å². The van der Waals surface area contributed by atoms with E-state index in [2.05, 4.69) is 95.5 Å². The van der Waals surface area contributed by atoms with Gasteiger partial charge in [0.2, 0.25) is 0 Å². The average Bonchev–Trinajstić information content (AvgIpc) is 2.67. The van der Waals surface area contributed by atoms with E-state index in [-0.39, 0.29) is 5.54 Å². The van der Waals surface area contributed by atoms with E-state index >= 15 is 0 Å². The first-order chi connectivity index (χ1) is 15.0. The van der Waals surface area contributed by atoms with E-state index in [0.717, 1.165) is 59.6 Å². The minimum Gasteiger partial charge on any atom is -0.346 e. The van der Waals surface area contributed by atoms with Gasteiger partial charge in [-0.1, -0.05) is 81.2 Å². The van der Waals surface area contributed by atoms with Gasteiger partial charge in [0, 0.05) is 16.9 Å². The number of nitrogens with one attached hydrogen (secondary N) is 1. The number of nitrogens with zero attached hydrogens (tertiary/aromatic N) is 1. The third kappa shape index (κ3) is 7.15. The fraction of sp³-hybridized carbons (Fsp3) is 0.400. The summed E-state index contributed by atoms with van der Waals surface area (Å²) in [6.07, 6.45) is 16.7. The van der Waals surface area contributed by atoms with Crippen molar-refractivity contribution in [3.8, 4) is 0 Å². The van der Waals surface area contributed by atoms with Crippen LogP contribution in [0.1, 0.15) is 74.1 Å². The molecule has 0 bridgehead atoms. The van der Waals surface area contributed by atoms with Crippen LogP contribution in [0.5, 0.6) is 0 Å². The highest BCUT2D eigenvalue weighted by Gasteiger charge is 2.38. The number of piperidine rings is 1. The molecule has 0 aromatic carbocycles. The summed E-state index contributed by atoms with van der Waals surface area (Å²) in [6, 6.07) is 0. The first-order valence-corrected chi connectivity index (χ1v) is 11.6. The molecule has 1 atom stereocenters. The lowest BCUT2D eigenvalue weighted by Crippen LogP contribution is -2.50. The number of hydrogen-bond acceptors (Lipinski definition) is 2. The molecule has 0 spiro atoms. The summed E-state index contributed by atoms with van der Waals surface area (Å²) in [5.74, 6) is 0.859. The lowest BCUT2D eigenvalue weighted by atomic mass is 9.81. The lowest BCUT2D eigenvalue weighted by Gasteiger charge is -2.49. The van der Waals surface area contributed by atoms with Crippen LogP contribution in [-0.2, 0) is 0 Å². The topological polar surface area (TPSA) is 15.3 Å². The maximum absolute atomic E-state index is 4.48. The van der Waals surface area contributed by atoms with Crippen LogP contribution in [0.3, 0.4) is 0 Å². The van der Waals surface area contributed by atoms with Crippen molar-refractivity contribution in [2.24, 2.45) is 0 Å². The zero-order chi connectivity index (χ0) is 24.5. The zero-order valence-corrected chi connectivity index (χ0v) is 21.6. The van der Waals surface area contributed by atoms with Crippen LogP contribution in [0, 0.1) is 0 Å². The Balaban J connectivity index is 3.30. The minimum absolute atomic E-state index is 0.00944. The monoisotopic (exact) mass is 432 g/mol. The molecule has 174 valence electrons. The van der Waals surface area contributed by atoms with E-state index in [1.807, 2.05) is 26.0 Å². The van der Waals surface area contributed by atoms with Crippen LogP contribution in [0.2, 0.25) is 0 Å². The SMILES string of the molecule is C=C/C=C(\C=C(/C)NC(=C)N1C(=C)/C(=C\C=C(C)C)CCC1(C)CCC)C(=C/C)/C(=C)C. The molecule has 0 aromatic rings. The molecule has 0 radical (unpaired) electrons. The van der Waals surface area contributed by atoms with E-state index in [0.29, 0.717) is 0 Å². The minimum atomic E-state index is -0.00944. The maximum atomic E-state index is 4.48. The Labute approximate surface area is 197 Å². The molecule has 2 heteroatoms. The Morgan fingerprint density at radius 1 is 1.16 bits per heavy atom. The standard InChI is InChI=1S/C30H44N2/c1-12-15-28(29(14-3)23(6)7)21-24(8)31-26(10)32-25(9)27(17-16-22(4)5)18-20-30(32,11)19-13-2/h12,14-17,21,31H,1,6,9-10,13,18-20H2,2-5,7-8,11H3/b24-21+,27-17-,28-15+,29-14+. The Morgan fingerprint density at radius 2 is 1.81 bits per heavy atom. The van der Waals surface area contributed by atoms with Gasteiger partial charge < -0.3 is 10.2 Å². The molecule has 1 aliphatic heterocycles. The lowest BCUT2D eigenvalue weighted by molar-refractivity contribution is 0.141. The molecule has 1 aliphatic rings. The van der Waals surface area contributed by atoms with Gasteiger partial charge in [-0.2, -0.15) is 0 Å². The van der Waals surface area contributed by atoms with Gasteiger partial charge in [0.05, 0.1) is 0 Å². The summed E-state index contributed by atoms with van der Waals surface area (Å²) in [5, 5.41) is 3.54. The highest BCUT2D eigenvalue weighted by Crippen LogP contribution is 2.41. The molecule has 2 nitrogen and oxygen atoms in total. The molecule has 1 unspecified atom stereocenters. The van der Waals surface area contributed by atoms with Gasteiger partial charge in [0.15, 0.2) is 0 Å². The second kappa shape index (κ2) is 12.3. The molecule has 0 amide bonds. The van der Waals surface area contributed by atoms with Crippen LogP contribution in [0.4, 0.5) is 0 Å². The van der Waals surface area contributed by atoms with Crippen molar-refractivity contribution < 1.29 is 0 Å². The molecular weight excluding hydrogens is 388 g/mol. The molecular formula is C30H44N2. The van der Waals surface area contributed by atoms with Gasteiger partial charge >= 0.3 is 0 Å². The number of allylic oxidation sites excluding steroid dienone is 12. The van der Waals surface area contributed by atoms with Gasteiger partial charge in [0.25, 0.3) is 0 Å². The number of hydrogen-bond donors (Lipinski definition) is 1. The Kier molecular flexibility index (Phi) is 10.5. The van der Waals surface area contributed by atoms with E-state index in [9.17, 15) is 0 Å². The molecule has 1 heterocycles. The highest BCUT2D eigenvalue weighted by atomic mass is 15.3. The van der Waals surface area contributed by atoms with Crippen molar-refractivity contribution in [1.82, 2.24) is 10.2 Å². The van der Waals surface area contributed by atoms with Gasteiger partial charge in [-0.25, -0.2) is 0 Å². The molecule has 1 N–H and O–H groups in total. The summed E-state index contributed by atoms with van der Waals surface area (Å²) in [7, 11) is 0. The smallest absolute Gasteiger partial charge is 0.103 e. The van der Waals surface area contributed by atoms with Crippen LogP contribution in [0.25, 0.3) is 0 Å². The highest BCUT2D eigenvalue weighted by molar-refractivity contribution is 5.52. The van der Waals surface area contributed by atoms with Crippen molar-refractivity contribution in [3.63, 3.8) is 0 Å². The predicted octanol–water partition coefficient (Wildman–Crippen LogP) is 8.65. The molecule has 1 fully saturated rings. The summed E-state index contributed by atoms with van der Waals surface area (Å²) in [6.45, 7) is 31.8. The van der Waals surface area contributed by atoms with Crippen LogP contribution >= 0.6 is 0 Å². The van der Waals surface area contributed by atoms with Gasteiger partial charge in [-0.15, -0.1) is 0 Å². The molecule has 1 rings (SSSR count). The molecule has 32 heavy (non-hydrogen) atoms. The quantitative estimate of drug-likeness (QED) is 0.347. The fourth-order valence-corrected chi connectivity index (χ4v) is 4.40. The second-order valence-corrected chi connectivity index (χ2v) is 9.20. The molecule has 0 aliphatic carbocycles. The summed E-state index contributed by atoms with van der Waals surface area (Å²) in [4.78, 5) is 2.31. The summed E-state index contributed by atoms with van der Waals surface area (Å²) < 4.78 is 0. The number of rotatable bonds is 10. The third-order valence-electron chi connectivity index (χ3n) is 5.86. The molecule has 0 saturated carbocycles. The van der Waals surface area contributed by atoms with Crippen molar-refractivity contribution in [3.05, 3.63) is 108 Å². The first kappa shape index (κ1) is 27.3. The Bertz CT molecular complexity index is 897. The van der Waals surface area contributed by atoms with Crippen molar-refractivity contribution in [1.29, 1.82) is 0 Å². The maximum Gasteiger partial charge on any atom is 0.103 e. The third-order valence-corrected chi connectivity index (χ3v) is 5.86. The average molecular weight is 433 g/mol. The largest absolute Gasteiger partial charge is 0.346 e. The molecule has 0 aromatic heterocycles. The Morgan fingerprint density at radius 3 is 2.31 bits per heavy atom. The summed E-state index contributed by atoms with van der Waals surface area (Å²) >= 11 is 0. The number of likely N-dealkylation sites (tertiary alicyclic amines) is 1. The van der Waals surface area contributed by atoms with E-state index in [1.165, 1.54) is 11.1 Å². The fourth-order valence-electron chi connectivity index (χ4n) is 4.40. The van der Waals surface area contributed by atoms with Crippen molar-refractivity contribution in [2.45, 2.75) is 79.7 Å². The second-order valence-electron chi connectivity index (χ2n) is 9.20. The van der Waals surface area contributed by atoms with Gasteiger partial charge in [-0.3, -0.25) is 0 Å². The van der Waals surface area contributed by atoms with Crippen molar-refractivity contribution >= 4 is 0 Å². The normalized spacial score (nSPS) is 21.5. The Hall–Kier alpha value is -2.74. The van der Waals surface area contributed by atoms with Crippen LogP contribution < -0.4 is 5.32 Å².